The monoisotopic (exact) mass is 186 g/mol. The van der Waals surface area contributed by atoms with Crippen molar-refractivity contribution in [2.24, 2.45) is 0 Å². The maximum atomic E-state index is 10.8. The second-order valence-electron chi connectivity index (χ2n) is 3.14. The summed E-state index contributed by atoms with van der Waals surface area (Å²) < 4.78 is 0. The fourth-order valence-electron chi connectivity index (χ4n) is 1.50. The number of hydrogen-bond acceptors (Lipinski definition) is 2. The summed E-state index contributed by atoms with van der Waals surface area (Å²) in [6.07, 6.45) is 0. The van der Waals surface area contributed by atoms with Gasteiger partial charge in [-0.3, -0.25) is 10.1 Å². The van der Waals surface area contributed by atoms with E-state index in [1.54, 1.807) is 25.1 Å². The van der Waals surface area contributed by atoms with Crippen LogP contribution in [-0.2, 0) is 0 Å². The predicted octanol–water partition coefficient (Wildman–Crippen LogP) is 2.86. The predicted molar refractivity (Wildman–Crippen MR) is 54.2 cm³/mol. The number of nitro groups is 1. The Hall–Kier alpha value is -1.90. The molecule has 0 aliphatic carbocycles. The molecule has 0 aliphatic rings. The Morgan fingerprint density at radius 3 is 2.79 bits per heavy atom. The lowest BCUT2D eigenvalue weighted by molar-refractivity contribution is -0.383. The molecule has 0 heterocycles. The number of nitro benzene ring substituents is 1. The van der Waals surface area contributed by atoms with Gasteiger partial charge in [0.15, 0.2) is 0 Å². The SMILES string of the molecule is Cc1[c]c2ccccc2c([N+](=O)[O-])c1. The Labute approximate surface area is 81.1 Å². The molecule has 3 heteroatoms. The first kappa shape index (κ1) is 8.69. The first-order valence-corrected chi connectivity index (χ1v) is 4.24. The first-order chi connectivity index (χ1) is 6.68. The molecule has 69 valence electrons. The molecular formula is C11H8NO2. The van der Waals surface area contributed by atoms with Gasteiger partial charge in [0.2, 0.25) is 0 Å². The van der Waals surface area contributed by atoms with Crippen LogP contribution in [0.1, 0.15) is 5.56 Å². The number of hydrogen-bond donors (Lipinski definition) is 0. The summed E-state index contributed by atoms with van der Waals surface area (Å²) in [5.41, 5.74) is 0.937. The van der Waals surface area contributed by atoms with Crippen LogP contribution in [0.2, 0.25) is 0 Å². The average molecular weight is 186 g/mol. The van der Waals surface area contributed by atoms with Gasteiger partial charge in [-0.15, -0.1) is 0 Å². The molecular weight excluding hydrogens is 178 g/mol. The van der Waals surface area contributed by atoms with Gasteiger partial charge in [0.1, 0.15) is 0 Å². The van der Waals surface area contributed by atoms with Crippen molar-refractivity contribution >= 4 is 16.5 Å². The highest BCUT2D eigenvalue weighted by Gasteiger charge is 2.11. The summed E-state index contributed by atoms with van der Waals surface area (Å²) in [5.74, 6) is 0. The summed E-state index contributed by atoms with van der Waals surface area (Å²) >= 11 is 0. The third-order valence-corrected chi connectivity index (χ3v) is 2.08. The topological polar surface area (TPSA) is 43.1 Å². The molecule has 0 bridgehead atoms. The van der Waals surface area contributed by atoms with Crippen molar-refractivity contribution in [3.63, 3.8) is 0 Å². The normalized spacial score (nSPS) is 10.4. The quantitative estimate of drug-likeness (QED) is 0.507. The van der Waals surface area contributed by atoms with Crippen LogP contribution in [0.4, 0.5) is 5.69 Å². The van der Waals surface area contributed by atoms with Crippen molar-refractivity contribution < 1.29 is 4.92 Å². The van der Waals surface area contributed by atoms with Crippen molar-refractivity contribution in [1.29, 1.82) is 0 Å². The molecule has 0 spiro atoms. The highest BCUT2D eigenvalue weighted by atomic mass is 16.6. The standard InChI is InChI=1S/C11H8NO2/c1-8-6-9-4-2-3-5-10(9)11(7-8)12(13)14/h2-5,7H,1H3. The second-order valence-corrected chi connectivity index (χ2v) is 3.14. The van der Waals surface area contributed by atoms with Gasteiger partial charge < -0.3 is 0 Å². The van der Waals surface area contributed by atoms with Crippen LogP contribution in [0, 0.1) is 23.1 Å². The molecule has 0 aromatic heterocycles. The molecule has 0 atom stereocenters. The van der Waals surface area contributed by atoms with Crippen LogP contribution in [0.25, 0.3) is 10.8 Å². The molecule has 0 saturated carbocycles. The highest BCUT2D eigenvalue weighted by Crippen LogP contribution is 2.26. The number of benzene rings is 2. The minimum absolute atomic E-state index is 0.150. The molecule has 0 unspecified atom stereocenters. The Balaban J connectivity index is 2.87. The molecule has 0 amide bonds. The van der Waals surface area contributed by atoms with E-state index in [-0.39, 0.29) is 10.6 Å². The number of aryl methyl sites for hydroxylation is 1. The Morgan fingerprint density at radius 1 is 1.36 bits per heavy atom. The van der Waals surface area contributed by atoms with Gasteiger partial charge in [0, 0.05) is 6.07 Å². The molecule has 2 aromatic rings. The van der Waals surface area contributed by atoms with E-state index in [1.165, 1.54) is 0 Å². The zero-order valence-corrected chi connectivity index (χ0v) is 7.65. The van der Waals surface area contributed by atoms with Gasteiger partial charge in [-0.05, 0) is 30.0 Å². The maximum absolute atomic E-state index is 10.8. The highest BCUT2D eigenvalue weighted by molar-refractivity contribution is 5.90. The largest absolute Gasteiger partial charge is 0.277 e. The van der Waals surface area contributed by atoms with E-state index in [0.717, 1.165) is 10.9 Å². The van der Waals surface area contributed by atoms with Gasteiger partial charge >= 0.3 is 0 Å². The molecule has 0 aliphatic heterocycles. The summed E-state index contributed by atoms with van der Waals surface area (Å²) in [4.78, 5) is 10.4. The van der Waals surface area contributed by atoms with Gasteiger partial charge in [-0.1, -0.05) is 18.2 Å². The Morgan fingerprint density at radius 2 is 2.07 bits per heavy atom. The summed E-state index contributed by atoms with van der Waals surface area (Å²) in [5, 5.41) is 12.2. The molecule has 14 heavy (non-hydrogen) atoms. The summed E-state index contributed by atoms with van der Waals surface area (Å²) in [6, 6.07) is 11.8. The van der Waals surface area contributed by atoms with Crippen LogP contribution in [0.3, 0.4) is 0 Å². The fourth-order valence-corrected chi connectivity index (χ4v) is 1.50. The third kappa shape index (κ3) is 1.33. The molecule has 2 rings (SSSR count). The molecule has 2 aromatic carbocycles. The van der Waals surface area contributed by atoms with E-state index in [0.29, 0.717) is 5.39 Å². The van der Waals surface area contributed by atoms with E-state index in [1.807, 2.05) is 12.1 Å². The minimum Gasteiger partial charge on any atom is -0.258 e. The van der Waals surface area contributed by atoms with E-state index in [9.17, 15) is 10.1 Å². The van der Waals surface area contributed by atoms with Crippen LogP contribution < -0.4 is 0 Å². The lowest BCUT2D eigenvalue weighted by atomic mass is 10.1. The van der Waals surface area contributed by atoms with Gasteiger partial charge in [-0.25, -0.2) is 0 Å². The van der Waals surface area contributed by atoms with Gasteiger partial charge in [-0.2, -0.15) is 0 Å². The van der Waals surface area contributed by atoms with E-state index >= 15 is 0 Å². The fraction of sp³-hybridized carbons (Fsp3) is 0.0909. The van der Waals surface area contributed by atoms with Crippen LogP contribution in [-0.4, -0.2) is 4.92 Å². The van der Waals surface area contributed by atoms with Crippen molar-refractivity contribution in [2.45, 2.75) is 6.92 Å². The molecule has 0 N–H and O–H groups in total. The van der Waals surface area contributed by atoms with E-state index in [2.05, 4.69) is 6.07 Å². The van der Waals surface area contributed by atoms with Crippen molar-refractivity contribution in [3.8, 4) is 0 Å². The lowest BCUT2D eigenvalue weighted by Gasteiger charge is -2.00. The number of rotatable bonds is 1. The van der Waals surface area contributed by atoms with Crippen molar-refractivity contribution in [1.82, 2.24) is 0 Å². The Kier molecular flexibility index (Phi) is 1.93. The average Bonchev–Trinajstić information content (AvgIpc) is 2.16. The first-order valence-electron chi connectivity index (χ1n) is 4.24. The molecule has 0 fully saturated rings. The van der Waals surface area contributed by atoms with Crippen molar-refractivity contribution in [2.75, 3.05) is 0 Å². The van der Waals surface area contributed by atoms with Gasteiger partial charge in [0.25, 0.3) is 5.69 Å². The lowest BCUT2D eigenvalue weighted by Crippen LogP contribution is -1.90. The molecule has 1 radical (unpaired) electrons. The molecule has 3 nitrogen and oxygen atoms in total. The van der Waals surface area contributed by atoms with Crippen molar-refractivity contribution in [3.05, 3.63) is 52.1 Å². The van der Waals surface area contributed by atoms with Crippen LogP contribution in [0.15, 0.2) is 30.3 Å². The minimum atomic E-state index is -0.358. The van der Waals surface area contributed by atoms with Crippen LogP contribution >= 0.6 is 0 Å². The molecule has 0 saturated heterocycles. The zero-order valence-electron chi connectivity index (χ0n) is 7.65. The smallest absolute Gasteiger partial charge is 0.258 e. The van der Waals surface area contributed by atoms with E-state index in [4.69, 9.17) is 0 Å². The number of non-ortho nitro benzene ring substituents is 1. The summed E-state index contributed by atoms with van der Waals surface area (Å²) in [6.45, 7) is 1.80. The maximum Gasteiger partial charge on any atom is 0.277 e. The van der Waals surface area contributed by atoms with Crippen LogP contribution in [0.5, 0.6) is 0 Å². The van der Waals surface area contributed by atoms with Gasteiger partial charge in [0.05, 0.1) is 10.3 Å². The number of nitrogens with zero attached hydrogens (tertiary/aromatic N) is 1. The zero-order chi connectivity index (χ0) is 10.1. The third-order valence-electron chi connectivity index (χ3n) is 2.08. The second kappa shape index (κ2) is 3.10. The van der Waals surface area contributed by atoms with E-state index < -0.39 is 0 Å². The summed E-state index contributed by atoms with van der Waals surface area (Å²) in [7, 11) is 0. The number of fused-ring (bicyclic) bond motifs is 1. The Bertz CT molecular complexity index is 506.